The Morgan fingerprint density at radius 2 is 1.97 bits per heavy atom. The van der Waals surface area contributed by atoms with Gasteiger partial charge in [-0.05, 0) is 51.2 Å². The van der Waals surface area contributed by atoms with E-state index in [1.54, 1.807) is 34.9 Å². The first-order valence-corrected chi connectivity index (χ1v) is 11.7. The Kier molecular flexibility index (Phi) is 6.01. The van der Waals surface area contributed by atoms with Gasteiger partial charge in [-0.3, -0.25) is 14.8 Å². The second-order valence-electron chi connectivity index (χ2n) is 8.20. The maximum atomic E-state index is 12.9. The number of benzene rings is 1. The summed E-state index contributed by atoms with van der Waals surface area (Å²) in [4.78, 5) is 28.5. The summed E-state index contributed by atoms with van der Waals surface area (Å²) in [5, 5.41) is 13.2. The molecule has 1 aliphatic rings. The van der Waals surface area contributed by atoms with Gasteiger partial charge in [0.15, 0.2) is 0 Å². The quantitative estimate of drug-likeness (QED) is 0.484. The molecule has 0 bridgehead atoms. The number of carbonyl (C=O) groups is 1. The number of amides is 1. The third kappa shape index (κ3) is 5.01. The zero-order valence-corrected chi connectivity index (χ0v) is 19.3. The highest BCUT2D eigenvalue weighted by Gasteiger charge is 2.19. The van der Waals surface area contributed by atoms with Crippen LogP contribution >= 0.6 is 11.8 Å². The number of nitrogens with zero attached hydrogens (tertiary/aromatic N) is 7. The lowest BCUT2D eigenvalue weighted by Crippen LogP contribution is -2.31. The first kappa shape index (κ1) is 21.5. The number of piperidine rings is 1. The van der Waals surface area contributed by atoms with E-state index in [2.05, 4.69) is 42.5 Å². The topological polar surface area (TPSA) is 102 Å². The molecule has 1 saturated heterocycles. The molecule has 33 heavy (non-hydrogen) atoms. The summed E-state index contributed by atoms with van der Waals surface area (Å²) in [7, 11) is 3.97. The smallest absolute Gasteiger partial charge is 0.258 e. The number of likely N-dealkylation sites (tertiary alicyclic amines) is 1. The van der Waals surface area contributed by atoms with E-state index in [1.165, 1.54) is 0 Å². The fraction of sp³-hybridized carbons (Fsp3) is 0.304. The van der Waals surface area contributed by atoms with Crippen LogP contribution in [-0.4, -0.2) is 66.1 Å². The molecule has 168 valence electrons. The lowest BCUT2D eigenvalue weighted by Gasteiger charge is -2.28. The Morgan fingerprint density at radius 3 is 2.76 bits per heavy atom. The molecule has 1 N–H and O–H groups in total. The van der Waals surface area contributed by atoms with E-state index in [1.807, 2.05) is 37.5 Å². The summed E-state index contributed by atoms with van der Waals surface area (Å²) < 4.78 is 1.65. The van der Waals surface area contributed by atoms with E-state index >= 15 is 0 Å². The minimum atomic E-state index is -0.257. The molecular weight excluding hydrogens is 436 g/mol. The van der Waals surface area contributed by atoms with Gasteiger partial charge in [-0.15, -0.1) is 16.9 Å². The number of fused-ring (bicyclic) bond motifs is 1. The minimum absolute atomic E-state index is 0.255. The van der Waals surface area contributed by atoms with Crippen LogP contribution in [0.4, 0.5) is 5.95 Å². The molecule has 0 atom stereocenters. The molecule has 0 spiro atoms. The summed E-state index contributed by atoms with van der Waals surface area (Å²) in [5.74, 6) is -0.00260. The van der Waals surface area contributed by atoms with Gasteiger partial charge in [-0.2, -0.15) is 0 Å². The summed E-state index contributed by atoms with van der Waals surface area (Å²) in [5.41, 5.74) is 2.92. The number of aromatic nitrogens is 6. The molecule has 3 aromatic heterocycles. The van der Waals surface area contributed by atoms with Crippen molar-refractivity contribution in [2.75, 3.05) is 25.5 Å². The van der Waals surface area contributed by atoms with Crippen molar-refractivity contribution in [1.29, 1.82) is 0 Å². The number of aryl methyl sites for hydroxylation is 1. The SMILES string of the molecule is CN1CCC(Sc2cc(C(=O)Nc3ncc4ccc(-c5cn(C)nn5)cc4n3)ccn2)CC1. The average Bonchev–Trinajstić information content (AvgIpc) is 3.26. The van der Waals surface area contributed by atoms with Gasteiger partial charge >= 0.3 is 0 Å². The van der Waals surface area contributed by atoms with Gasteiger partial charge in [0.25, 0.3) is 5.91 Å². The third-order valence-electron chi connectivity index (χ3n) is 5.66. The third-order valence-corrected chi connectivity index (χ3v) is 6.93. The number of thioether (sulfide) groups is 1. The first-order valence-electron chi connectivity index (χ1n) is 10.8. The largest absolute Gasteiger partial charge is 0.306 e. The van der Waals surface area contributed by atoms with Crippen LogP contribution in [0, 0.1) is 0 Å². The zero-order valence-electron chi connectivity index (χ0n) is 18.5. The van der Waals surface area contributed by atoms with Crippen LogP contribution in [0.25, 0.3) is 22.2 Å². The molecule has 0 unspecified atom stereocenters. The molecule has 1 aliphatic heterocycles. The molecule has 5 rings (SSSR count). The predicted octanol–water partition coefficient (Wildman–Crippen LogP) is 3.26. The van der Waals surface area contributed by atoms with Crippen LogP contribution in [0.15, 0.2) is 53.9 Å². The van der Waals surface area contributed by atoms with E-state index in [0.717, 1.165) is 53.1 Å². The van der Waals surface area contributed by atoms with Crippen molar-refractivity contribution in [3.05, 3.63) is 54.5 Å². The highest BCUT2D eigenvalue weighted by atomic mass is 32.2. The molecule has 1 aromatic carbocycles. The van der Waals surface area contributed by atoms with Crippen LogP contribution in [0.2, 0.25) is 0 Å². The molecule has 1 amide bonds. The van der Waals surface area contributed by atoms with Crippen molar-refractivity contribution in [1.82, 2.24) is 34.8 Å². The minimum Gasteiger partial charge on any atom is -0.306 e. The molecule has 0 radical (unpaired) electrons. The van der Waals surface area contributed by atoms with Crippen molar-refractivity contribution >= 4 is 34.5 Å². The molecule has 10 heteroatoms. The van der Waals surface area contributed by atoms with Gasteiger partial charge in [0, 0.05) is 41.2 Å². The fourth-order valence-electron chi connectivity index (χ4n) is 3.78. The average molecular weight is 461 g/mol. The predicted molar refractivity (Wildman–Crippen MR) is 128 cm³/mol. The van der Waals surface area contributed by atoms with E-state index in [-0.39, 0.29) is 11.9 Å². The van der Waals surface area contributed by atoms with Gasteiger partial charge in [0.2, 0.25) is 5.95 Å². The van der Waals surface area contributed by atoms with Crippen LogP contribution in [-0.2, 0) is 7.05 Å². The van der Waals surface area contributed by atoms with E-state index in [4.69, 9.17) is 0 Å². The van der Waals surface area contributed by atoms with Gasteiger partial charge in [0.05, 0.1) is 16.7 Å². The number of pyridine rings is 1. The van der Waals surface area contributed by atoms with Gasteiger partial charge in [-0.25, -0.2) is 15.0 Å². The Hall–Kier alpha value is -3.37. The summed E-state index contributed by atoms with van der Waals surface area (Å²) in [6.07, 6.45) is 7.48. The van der Waals surface area contributed by atoms with Crippen LogP contribution in [0.3, 0.4) is 0 Å². The fourth-order valence-corrected chi connectivity index (χ4v) is 4.89. The summed E-state index contributed by atoms with van der Waals surface area (Å²) in [6, 6.07) is 9.35. The van der Waals surface area contributed by atoms with Crippen LogP contribution < -0.4 is 5.32 Å². The number of nitrogens with one attached hydrogen (secondary N) is 1. The van der Waals surface area contributed by atoms with Gasteiger partial charge < -0.3 is 4.90 Å². The lowest BCUT2D eigenvalue weighted by atomic mass is 10.1. The van der Waals surface area contributed by atoms with Crippen molar-refractivity contribution in [2.45, 2.75) is 23.1 Å². The highest BCUT2D eigenvalue weighted by Crippen LogP contribution is 2.29. The number of carbonyl (C=O) groups excluding carboxylic acids is 1. The number of rotatable bonds is 5. The number of anilines is 1. The summed E-state index contributed by atoms with van der Waals surface area (Å²) in [6.45, 7) is 2.19. The van der Waals surface area contributed by atoms with E-state index in [9.17, 15) is 4.79 Å². The molecule has 0 aliphatic carbocycles. The van der Waals surface area contributed by atoms with E-state index in [0.29, 0.717) is 10.8 Å². The Bertz CT molecular complexity index is 1300. The number of hydrogen-bond donors (Lipinski definition) is 1. The number of hydrogen-bond acceptors (Lipinski definition) is 8. The van der Waals surface area contributed by atoms with Crippen molar-refractivity contribution in [2.24, 2.45) is 7.05 Å². The maximum Gasteiger partial charge on any atom is 0.258 e. The van der Waals surface area contributed by atoms with Crippen LogP contribution in [0.5, 0.6) is 0 Å². The van der Waals surface area contributed by atoms with Crippen molar-refractivity contribution < 1.29 is 4.79 Å². The Labute approximate surface area is 195 Å². The molecule has 1 fully saturated rings. The monoisotopic (exact) mass is 460 g/mol. The molecule has 4 aromatic rings. The normalized spacial score (nSPS) is 15.1. The standard InChI is InChI=1S/C23H24N8OS/c1-30-9-6-18(7-10-30)33-21-12-16(5-8-24-21)22(32)27-23-25-13-17-4-3-15(11-19(17)26-23)20-14-31(2)29-28-20/h3-5,8,11-14,18H,6-7,9-10H2,1-2H3,(H,25,26,27,32). The first-order chi connectivity index (χ1) is 16.0. The zero-order chi connectivity index (χ0) is 22.8. The van der Waals surface area contributed by atoms with Crippen molar-refractivity contribution in [3.63, 3.8) is 0 Å². The Balaban J connectivity index is 1.31. The van der Waals surface area contributed by atoms with Crippen LogP contribution in [0.1, 0.15) is 23.2 Å². The molecule has 9 nitrogen and oxygen atoms in total. The lowest BCUT2D eigenvalue weighted by molar-refractivity contribution is 0.102. The second-order valence-corrected chi connectivity index (χ2v) is 9.52. The van der Waals surface area contributed by atoms with Crippen molar-refractivity contribution in [3.8, 4) is 11.3 Å². The van der Waals surface area contributed by atoms with Gasteiger partial charge in [0.1, 0.15) is 5.69 Å². The molecule has 0 saturated carbocycles. The van der Waals surface area contributed by atoms with E-state index < -0.39 is 0 Å². The molecular formula is C23H24N8OS. The second kappa shape index (κ2) is 9.24. The maximum absolute atomic E-state index is 12.9. The molecule has 4 heterocycles. The highest BCUT2D eigenvalue weighted by molar-refractivity contribution is 7.99. The Morgan fingerprint density at radius 1 is 1.12 bits per heavy atom. The van der Waals surface area contributed by atoms with Gasteiger partial charge in [-0.1, -0.05) is 17.3 Å². The summed E-state index contributed by atoms with van der Waals surface area (Å²) >= 11 is 1.75.